The number of aromatic amines is 2. The van der Waals surface area contributed by atoms with E-state index in [4.69, 9.17) is 0 Å². The second kappa shape index (κ2) is 2.33. The summed E-state index contributed by atoms with van der Waals surface area (Å²) in [5.74, 6) is 0. The molecule has 5 heteroatoms. The molecule has 0 radical (unpaired) electrons. The highest BCUT2D eigenvalue weighted by Gasteiger charge is 1.97. The summed E-state index contributed by atoms with van der Waals surface area (Å²) in [5, 5.41) is 0. The standard InChI is InChI=1S/C6H4IN3O/c7-3-1-4-5(8-2-3)10-6(11)9-4/h1-2H,(H2,8,9,10,11). The van der Waals surface area contributed by atoms with Gasteiger partial charge in [0.25, 0.3) is 0 Å². The van der Waals surface area contributed by atoms with Crippen LogP contribution in [0.15, 0.2) is 17.1 Å². The van der Waals surface area contributed by atoms with Gasteiger partial charge < -0.3 is 4.98 Å². The van der Waals surface area contributed by atoms with Crippen molar-refractivity contribution in [1.29, 1.82) is 0 Å². The molecule has 0 aliphatic carbocycles. The first-order valence-electron chi connectivity index (χ1n) is 2.99. The molecule has 56 valence electrons. The predicted octanol–water partition coefficient (Wildman–Crippen LogP) is 0.856. The van der Waals surface area contributed by atoms with E-state index >= 15 is 0 Å². The lowest BCUT2D eigenvalue weighted by Gasteiger charge is -1.87. The topological polar surface area (TPSA) is 61.5 Å². The van der Waals surface area contributed by atoms with Crippen molar-refractivity contribution in [2.75, 3.05) is 0 Å². The Morgan fingerprint density at radius 1 is 1.45 bits per heavy atom. The molecule has 0 spiro atoms. The van der Waals surface area contributed by atoms with Crippen LogP contribution < -0.4 is 5.69 Å². The molecule has 0 aromatic carbocycles. The van der Waals surface area contributed by atoms with Crippen molar-refractivity contribution >= 4 is 33.8 Å². The van der Waals surface area contributed by atoms with Gasteiger partial charge in [-0.25, -0.2) is 9.78 Å². The summed E-state index contributed by atoms with van der Waals surface area (Å²) >= 11 is 2.14. The van der Waals surface area contributed by atoms with E-state index < -0.39 is 0 Å². The maximum atomic E-state index is 10.7. The number of hydrogen-bond donors (Lipinski definition) is 2. The molecule has 0 atom stereocenters. The number of aromatic nitrogens is 3. The minimum absolute atomic E-state index is 0.213. The first kappa shape index (κ1) is 6.84. The van der Waals surface area contributed by atoms with Gasteiger partial charge in [0.15, 0.2) is 5.65 Å². The summed E-state index contributed by atoms with van der Waals surface area (Å²) in [5.41, 5.74) is 1.15. The Hall–Kier alpha value is -0.850. The van der Waals surface area contributed by atoms with Crippen molar-refractivity contribution in [1.82, 2.24) is 15.0 Å². The van der Waals surface area contributed by atoms with Crippen LogP contribution >= 0.6 is 22.6 Å². The Balaban J connectivity index is 2.92. The Morgan fingerprint density at radius 3 is 3.09 bits per heavy atom. The highest BCUT2D eigenvalue weighted by molar-refractivity contribution is 14.1. The second-order valence-corrected chi connectivity index (χ2v) is 3.37. The van der Waals surface area contributed by atoms with Crippen LogP contribution in [-0.2, 0) is 0 Å². The molecule has 0 bridgehead atoms. The number of pyridine rings is 1. The van der Waals surface area contributed by atoms with Gasteiger partial charge in [-0.15, -0.1) is 0 Å². The van der Waals surface area contributed by atoms with E-state index in [0.717, 1.165) is 9.09 Å². The zero-order valence-electron chi connectivity index (χ0n) is 5.39. The lowest BCUT2D eigenvalue weighted by atomic mass is 10.4. The van der Waals surface area contributed by atoms with Crippen molar-refractivity contribution in [2.45, 2.75) is 0 Å². The van der Waals surface area contributed by atoms with Crippen molar-refractivity contribution in [3.8, 4) is 0 Å². The number of fused-ring (bicyclic) bond motifs is 1. The molecule has 0 unspecified atom stereocenters. The summed E-state index contributed by atoms with van der Waals surface area (Å²) in [7, 11) is 0. The number of nitrogens with one attached hydrogen (secondary N) is 2. The minimum atomic E-state index is -0.213. The summed E-state index contributed by atoms with van der Waals surface area (Å²) in [6, 6.07) is 1.86. The van der Waals surface area contributed by atoms with Gasteiger partial charge in [0, 0.05) is 9.77 Å². The van der Waals surface area contributed by atoms with Crippen molar-refractivity contribution < 1.29 is 0 Å². The third-order valence-electron chi connectivity index (χ3n) is 1.33. The smallest absolute Gasteiger partial charge is 0.304 e. The Bertz CT molecular complexity index is 444. The molecule has 0 aliphatic rings. The third kappa shape index (κ3) is 1.15. The Labute approximate surface area is 75.2 Å². The van der Waals surface area contributed by atoms with Gasteiger partial charge in [0.1, 0.15) is 0 Å². The van der Waals surface area contributed by atoms with Gasteiger partial charge in [0.05, 0.1) is 5.52 Å². The van der Waals surface area contributed by atoms with E-state index in [1.54, 1.807) is 6.20 Å². The average molecular weight is 261 g/mol. The molecule has 2 N–H and O–H groups in total. The van der Waals surface area contributed by atoms with Gasteiger partial charge in [-0.3, -0.25) is 4.98 Å². The van der Waals surface area contributed by atoms with E-state index in [-0.39, 0.29) is 5.69 Å². The highest BCUT2D eigenvalue weighted by atomic mass is 127. The fraction of sp³-hybridized carbons (Fsp3) is 0. The van der Waals surface area contributed by atoms with Crippen LogP contribution in [0.1, 0.15) is 0 Å². The molecule has 11 heavy (non-hydrogen) atoms. The highest BCUT2D eigenvalue weighted by Crippen LogP contribution is 2.07. The molecule has 0 saturated carbocycles. The van der Waals surface area contributed by atoms with Crippen LogP contribution in [0.4, 0.5) is 0 Å². The van der Waals surface area contributed by atoms with Crippen molar-refractivity contribution in [3.05, 3.63) is 26.3 Å². The van der Waals surface area contributed by atoms with Crippen LogP contribution in [0.5, 0.6) is 0 Å². The number of H-pyrrole nitrogens is 2. The Kier molecular flexibility index (Phi) is 1.45. The van der Waals surface area contributed by atoms with E-state index in [9.17, 15) is 4.79 Å². The Morgan fingerprint density at radius 2 is 2.27 bits per heavy atom. The summed E-state index contributed by atoms with van der Waals surface area (Å²) in [6.45, 7) is 0. The van der Waals surface area contributed by atoms with Crippen LogP contribution in [0.2, 0.25) is 0 Å². The van der Waals surface area contributed by atoms with Crippen LogP contribution in [0, 0.1) is 3.57 Å². The molecule has 2 aromatic heterocycles. The fourth-order valence-electron chi connectivity index (χ4n) is 0.895. The summed E-state index contributed by atoms with van der Waals surface area (Å²) in [6.07, 6.45) is 1.70. The van der Waals surface area contributed by atoms with Gasteiger partial charge in [-0.1, -0.05) is 0 Å². The van der Waals surface area contributed by atoms with Gasteiger partial charge >= 0.3 is 5.69 Å². The zero-order chi connectivity index (χ0) is 7.84. The van der Waals surface area contributed by atoms with E-state index in [2.05, 4.69) is 37.5 Å². The maximum Gasteiger partial charge on any atom is 0.325 e. The molecule has 0 aliphatic heterocycles. The summed E-state index contributed by atoms with van der Waals surface area (Å²) < 4.78 is 1.00. The summed E-state index contributed by atoms with van der Waals surface area (Å²) in [4.78, 5) is 19.9. The first-order chi connectivity index (χ1) is 5.25. The SMILES string of the molecule is O=c1[nH]c2cc(I)cnc2[nH]1. The molecule has 4 nitrogen and oxygen atoms in total. The molecule has 0 fully saturated rings. The normalized spacial score (nSPS) is 10.6. The number of nitrogens with zero attached hydrogens (tertiary/aromatic N) is 1. The fourth-order valence-corrected chi connectivity index (χ4v) is 1.35. The maximum absolute atomic E-state index is 10.7. The number of halogens is 1. The van der Waals surface area contributed by atoms with Crippen molar-refractivity contribution in [3.63, 3.8) is 0 Å². The molecular weight excluding hydrogens is 257 g/mol. The molecule has 0 saturated heterocycles. The number of imidazole rings is 1. The molecule has 2 aromatic rings. The van der Waals surface area contributed by atoms with Crippen LogP contribution in [0.25, 0.3) is 11.2 Å². The zero-order valence-corrected chi connectivity index (χ0v) is 7.55. The molecule has 0 amide bonds. The largest absolute Gasteiger partial charge is 0.325 e. The molecular formula is C6H4IN3O. The second-order valence-electron chi connectivity index (χ2n) is 2.13. The number of hydrogen-bond acceptors (Lipinski definition) is 2. The van der Waals surface area contributed by atoms with E-state index in [0.29, 0.717) is 5.65 Å². The minimum Gasteiger partial charge on any atom is -0.304 e. The lowest BCUT2D eigenvalue weighted by molar-refractivity contribution is 1.20. The lowest BCUT2D eigenvalue weighted by Crippen LogP contribution is -1.99. The molecule has 2 rings (SSSR count). The van der Waals surface area contributed by atoms with Crippen LogP contribution in [0.3, 0.4) is 0 Å². The van der Waals surface area contributed by atoms with E-state index in [1.807, 2.05) is 6.07 Å². The molecule has 2 heterocycles. The monoisotopic (exact) mass is 261 g/mol. The third-order valence-corrected chi connectivity index (χ3v) is 1.92. The van der Waals surface area contributed by atoms with Crippen molar-refractivity contribution in [2.24, 2.45) is 0 Å². The number of rotatable bonds is 0. The quantitative estimate of drug-likeness (QED) is 0.691. The first-order valence-corrected chi connectivity index (χ1v) is 4.07. The van der Waals surface area contributed by atoms with E-state index in [1.165, 1.54) is 0 Å². The van der Waals surface area contributed by atoms with Gasteiger partial charge in [-0.2, -0.15) is 0 Å². The van der Waals surface area contributed by atoms with Crippen LogP contribution in [-0.4, -0.2) is 15.0 Å². The van der Waals surface area contributed by atoms with Gasteiger partial charge in [0.2, 0.25) is 0 Å². The van der Waals surface area contributed by atoms with Gasteiger partial charge in [-0.05, 0) is 28.7 Å². The average Bonchev–Trinajstić information content (AvgIpc) is 2.27. The predicted molar refractivity (Wildman–Crippen MR) is 49.4 cm³/mol.